The van der Waals surface area contributed by atoms with E-state index in [2.05, 4.69) is 37.0 Å². The highest BCUT2D eigenvalue weighted by molar-refractivity contribution is 6.02. The second-order valence-corrected chi connectivity index (χ2v) is 12.4. The lowest BCUT2D eigenvalue weighted by atomic mass is 10.0. The molecule has 5 heterocycles. The van der Waals surface area contributed by atoms with Crippen molar-refractivity contribution in [1.29, 1.82) is 0 Å². The Hall–Kier alpha value is -4.26. The number of piperidine rings is 1. The van der Waals surface area contributed by atoms with Gasteiger partial charge in [0.15, 0.2) is 5.82 Å². The van der Waals surface area contributed by atoms with Crippen molar-refractivity contribution in [2.75, 3.05) is 60.6 Å². The maximum Gasteiger partial charge on any atom is 0.247 e. The van der Waals surface area contributed by atoms with Gasteiger partial charge >= 0.3 is 0 Å². The molecule has 12 heteroatoms. The Labute approximate surface area is 268 Å². The van der Waals surface area contributed by atoms with Gasteiger partial charge in [0.05, 0.1) is 49.5 Å². The Balaban J connectivity index is 1.12. The molecule has 3 atom stereocenters. The van der Waals surface area contributed by atoms with Gasteiger partial charge in [-0.25, -0.2) is 19.4 Å². The maximum atomic E-state index is 15.0. The second kappa shape index (κ2) is 12.9. The molecule has 1 amide bonds. The lowest BCUT2D eigenvalue weighted by Crippen LogP contribution is -2.49. The molecule has 7 rings (SSSR count). The first-order chi connectivity index (χ1) is 22.4. The van der Waals surface area contributed by atoms with Gasteiger partial charge in [-0.05, 0) is 43.9 Å². The summed E-state index contributed by atoms with van der Waals surface area (Å²) in [6.45, 7) is 9.44. The molecule has 0 spiro atoms. The number of aryl methyl sites for hydroxylation is 1. The highest BCUT2D eigenvalue weighted by atomic mass is 19.1. The van der Waals surface area contributed by atoms with E-state index in [0.717, 1.165) is 51.2 Å². The van der Waals surface area contributed by atoms with E-state index in [4.69, 9.17) is 14.3 Å². The summed E-state index contributed by atoms with van der Waals surface area (Å²) in [6, 6.07) is 11.7. The van der Waals surface area contributed by atoms with E-state index in [0.29, 0.717) is 71.1 Å². The van der Waals surface area contributed by atoms with Crippen LogP contribution in [0.1, 0.15) is 42.9 Å². The Morgan fingerprint density at radius 3 is 2.72 bits per heavy atom. The van der Waals surface area contributed by atoms with Gasteiger partial charge in [-0.1, -0.05) is 24.8 Å². The van der Waals surface area contributed by atoms with Crippen molar-refractivity contribution >= 4 is 34.6 Å². The van der Waals surface area contributed by atoms with Crippen molar-refractivity contribution in [3.63, 3.8) is 0 Å². The predicted octanol–water partition coefficient (Wildman–Crippen LogP) is 5.13. The number of halogens is 1. The number of methoxy groups -OCH3 is 1. The third-order valence-corrected chi connectivity index (χ3v) is 9.60. The zero-order valence-electron chi connectivity index (χ0n) is 26.2. The highest BCUT2D eigenvalue weighted by Crippen LogP contribution is 2.41. The van der Waals surface area contributed by atoms with Gasteiger partial charge in [-0.2, -0.15) is 0 Å². The number of hydroxylamine groups is 1. The van der Waals surface area contributed by atoms with Crippen LogP contribution in [0.3, 0.4) is 0 Å². The molecule has 2 aromatic carbocycles. The summed E-state index contributed by atoms with van der Waals surface area (Å²) in [4.78, 5) is 32.3. The summed E-state index contributed by atoms with van der Waals surface area (Å²) in [5, 5.41) is 7.98. The minimum absolute atomic E-state index is 0.240. The number of benzene rings is 2. The van der Waals surface area contributed by atoms with Crippen LogP contribution in [0.2, 0.25) is 0 Å². The molecule has 4 aliphatic rings. The Bertz CT molecular complexity index is 1610. The summed E-state index contributed by atoms with van der Waals surface area (Å²) in [5.74, 6) is 1.04. The molecule has 0 saturated carbocycles. The number of nitrogens with one attached hydrogen (secondary N) is 2. The molecular weight excluding hydrogens is 589 g/mol. The van der Waals surface area contributed by atoms with Gasteiger partial charge in [-0.3, -0.25) is 14.5 Å². The Kier molecular flexibility index (Phi) is 8.50. The number of amides is 1. The van der Waals surface area contributed by atoms with Crippen molar-refractivity contribution in [1.82, 2.24) is 14.9 Å². The minimum atomic E-state index is -0.324. The third-order valence-electron chi connectivity index (χ3n) is 9.60. The van der Waals surface area contributed by atoms with Crippen molar-refractivity contribution < 1.29 is 23.5 Å². The third kappa shape index (κ3) is 5.88. The van der Waals surface area contributed by atoms with Gasteiger partial charge < -0.3 is 25.0 Å². The average Bonchev–Trinajstić information content (AvgIpc) is 3.85. The van der Waals surface area contributed by atoms with Crippen LogP contribution < -0.4 is 25.3 Å². The quantitative estimate of drug-likeness (QED) is 0.310. The smallest absolute Gasteiger partial charge is 0.247 e. The monoisotopic (exact) mass is 629 g/mol. The molecule has 4 saturated heterocycles. The molecule has 0 aliphatic carbocycles. The average molecular weight is 630 g/mol. The van der Waals surface area contributed by atoms with Crippen molar-refractivity contribution in [2.24, 2.45) is 0 Å². The highest BCUT2D eigenvalue weighted by Gasteiger charge is 2.43. The van der Waals surface area contributed by atoms with Crippen LogP contribution in [0, 0.1) is 12.7 Å². The fourth-order valence-electron chi connectivity index (χ4n) is 7.27. The molecule has 1 aromatic heterocycles. The van der Waals surface area contributed by atoms with Gasteiger partial charge in [0.2, 0.25) is 5.91 Å². The largest absolute Gasteiger partial charge is 0.494 e. The second-order valence-electron chi connectivity index (χ2n) is 12.4. The number of likely N-dealkylation sites (tertiary alicyclic amines) is 1. The number of ether oxygens (including phenoxy) is 2. The summed E-state index contributed by atoms with van der Waals surface area (Å²) < 4.78 is 26.7. The van der Waals surface area contributed by atoms with E-state index in [1.54, 1.807) is 37.3 Å². The number of hydrogen-bond acceptors (Lipinski definition) is 10. The molecular formula is C34H40FN7O4. The zero-order valence-corrected chi connectivity index (χ0v) is 26.2. The first kappa shape index (κ1) is 30.4. The number of nitrogens with zero attached hydrogens (tertiary/aromatic N) is 5. The summed E-state index contributed by atoms with van der Waals surface area (Å²) in [6.07, 6.45) is 6.93. The number of carbonyl (C=O) groups excluding carboxylic acids is 1. The van der Waals surface area contributed by atoms with Gasteiger partial charge in [0.1, 0.15) is 23.7 Å². The first-order valence-electron chi connectivity index (χ1n) is 16.0. The van der Waals surface area contributed by atoms with Crippen LogP contribution in [-0.2, 0) is 14.4 Å². The number of aromatic nitrogens is 2. The molecule has 242 valence electrons. The van der Waals surface area contributed by atoms with Crippen LogP contribution in [0.4, 0.5) is 33.1 Å². The maximum absolute atomic E-state index is 15.0. The molecule has 46 heavy (non-hydrogen) atoms. The topological polar surface area (TPSA) is 104 Å². The van der Waals surface area contributed by atoms with E-state index in [-0.39, 0.29) is 17.8 Å². The van der Waals surface area contributed by atoms with Crippen LogP contribution in [-0.4, -0.2) is 78.9 Å². The van der Waals surface area contributed by atoms with Crippen LogP contribution in [0.5, 0.6) is 5.75 Å². The summed E-state index contributed by atoms with van der Waals surface area (Å²) >= 11 is 0. The number of rotatable bonds is 9. The number of carbonyl (C=O) groups is 1. The summed E-state index contributed by atoms with van der Waals surface area (Å²) in [5.41, 5.74) is 3.30. The van der Waals surface area contributed by atoms with E-state index in [1.807, 2.05) is 18.2 Å². The Morgan fingerprint density at radius 1 is 1.13 bits per heavy atom. The molecule has 11 nitrogen and oxygen atoms in total. The number of morpholine rings is 1. The molecule has 4 aliphatic heterocycles. The number of fused-ring (bicyclic) bond motifs is 2. The Morgan fingerprint density at radius 2 is 1.98 bits per heavy atom. The SMILES string of the molecule is C=CC(=O)Nc1cc(Nc2cc(N3OCC[C@@H]3c3cccc(C)c3F)ncn2)c(OC)cc1N1CCC(N2C[C@@H]3C[C@H]2CO3)CC1. The fourth-order valence-corrected chi connectivity index (χ4v) is 7.27. The van der Waals surface area contributed by atoms with Crippen LogP contribution >= 0.6 is 0 Å². The lowest BCUT2D eigenvalue weighted by molar-refractivity contribution is -0.111. The van der Waals surface area contributed by atoms with E-state index in [9.17, 15) is 4.79 Å². The minimum Gasteiger partial charge on any atom is -0.494 e. The molecule has 0 radical (unpaired) electrons. The van der Waals surface area contributed by atoms with Gasteiger partial charge in [-0.15, -0.1) is 0 Å². The number of anilines is 5. The number of hydrogen-bond donors (Lipinski definition) is 2. The van der Waals surface area contributed by atoms with E-state index < -0.39 is 0 Å². The van der Waals surface area contributed by atoms with E-state index >= 15 is 4.39 Å². The zero-order chi connectivity index (χ0) is 31.8. The standard InChI is InChI=1S/C34H40FN7O4/c1-4-33(43)39-26-15-27(30(44-3)16-29(26)40-11-8-22(9-12-40)41-18-24-14-23(41)19-45-24)38-31-17-32(37-20-36-31)42-28(10-13-46-42)25-7-5-6-21(2)34(25)35/h4-7,15-17,20,22-24,28H,1,8-14,18-19H2,2-3H3,(H,39,43)(H,36,37,38)/t23-,24-,28+/m0/s1. The van der Waals surface area contributed by atoms with Crippen molar-refractivity contribution in [2.45, 2.75) is 56.8 Å². The van der Waals surface area contributed by atoms with E-state index in [1.165, 1.54) is 12.4 Å². The molecule has 0 unspecified atom stereocenters. The molecule has 2 bridgehead atoms. The molecule has 3 aromatic rings. The molecule has 2 N–H and O–H groups in total. The van der Waals surface area contributed by atoms with Crippen molar-refractivity contribution in [3.05, 3.63) is 72.3 Å². The van der Waals surface area contributed by atoms with Crippen LogP contribution in [0.15, 0.2) is 55.4 Å². The lowest BCUT2D eigenvalue weighted by Gasteiger charge is -2.41. The fraction of sp³-hybridized carbons (Fsp3) is 0.441. The normalized spacial score (nSPS) is 23.2. The summed E-state index contributed by atoms with van der Waals surface area (Å²) in [7, 11) is 1.62. The predicted molar refractivity (Wildman–Crippen MR) is 174 cm³/mol. The molecule has 4 fully saturated rings. The van der Waals surface area contributed by atoms with Gasteiger partial charge in [0, 0.05) is 55.8 Å². The van der Waals surface area contributed by atoms with Crippen molar-refractivity contribution in [3.8, 4) is 5.75 Å². The first-order valence-corrected chi connectivity index (χ1v) is 16.0. The van der Waals surface area contributed by atoms with Gasteiger partial charge in [0.25, 0.3) is 0 Å². The van der Waals surface area contributed by atoms with Crippen LogP contribution in [0.25, 0.3) is 0 Å².